The molecular weight excluding hydrogens is 292 g/mol. The number of amides is 1. The van der Waals surface area contributed by atoms with Gasteiger partial charge in [0.1, 0.15) is 0 Å². The molecule has 3 N–H and O–H groups in total. The Morgan fingerprint density at radius 2 is 2.05 bits per heavy atom. The van der Waals surface area contributed by atoms with Crippen LogP contribution < -0.4 is 11.1 Å². The Hall–Kier alpha value is -1.92. The number of nitrogens with one attached hydrogen (secondary N) is 1. The molecule has 7 heteroatoms. The van der Waals surface area contributed by atoms with Crippen LogP contribution in [0.3, 0.4) is 0 Å². The molecule has 2 rings (SSSR count). The number of rotatable bonds is 5. The van der Waals surface area contributed by atoms with E-state index in [0.29, 0.717) is 17.9 Å². The Balaban J connectivity index is 0.00000220. The molecule has 0 aliphatic rings. The fourth-order valence-electron chi connectivity index (χ4n) is 1.91. The summed E-state index contributed by atoms with van der Waals surface area (Å²) >= 11 is 0. The molecule has 0 aliphatic carbocycles. The van der Waals surface area contributed by atoms with Gasteiger partial charge in [0.05, 0.1) is 5.54 Å². The van der Waals surface area contributed by atoms with Gasteiger partial charge in [0.25, 0.3) is 0 Å². The first-order valence-electron chi connectivity index (χ1n) is 6.50. The quantitative estimate of drug-likeness (QED) is 0.885. The molecule has 1 amide bonds. The standard InChI is InChI=1S/C14H18N4O2.ClH/c1-3-8-14(2,15)13(19)17-11-6-4-10(5-7-11)12-16-9-20-18-12;/h4-7,9H,3,8,15H2,1-2H3,(H,17,19);1H. The van der Waals surface area contributed by atoms with Gasteiger partial charge in [0, 0.05) is 11.3 Å². The van der Waals surface area contributed by atoms with Crippen LogP contribution in [0.2, 0.25) is 0 Å². The highest BCUT2D eigenvalue weighted by molar-refractivity contribution is 5.97. The van der Waals surface area contributed by atoms with Gasteiger partial charge >= 0.3 is 0 Å². The summed E-state index contributed by atoms with van der Waals surface area (Å²) in [5.74, 6) is 0.323. The van der Waals surface area contributed by atoms with Gasteiger partial charge < -0.3 is 15.6 Å². The fourth-order valence-corrected chi connectivity index (χ4v) is 1.91. The molecule has 1 aromatic carbocycles. The van der Waals surface area contributed by atoms with Crippen LogP contribution in [0.1, 0.15) is 26.7 Å². The zero-order chi connectivity index (χ0) is 14.6. The van der Waals surface area contributed by atoms with Crippen molar-refractivity contribution in [1.29, 1.82) is 0 Å². The summed E-state index contributed by atoms with van der Waals surface area (Å²) in [5, 5.41) is 6.56. The summed E-state index contributed by atoms with van der Waals surface area (Å²) < 4.78 is 4.69. The summed E-state index contributed by atoms with van der Waals surface area (Å²) in [6.45, 7) is 3.73. The lowest BCUT2D eigenvalue weighted by molar-refractivity contribution is -0.120. The molecule has 21 heavy (non-hydrogen) atoms. The van der Waals surface area contributed by atoms with Crippen molar-refractivity contribution in [1.82, 2.24) is 10.1 Å². The van der Waals surface area contributed by atoms with E-state index < -0.39 is 5.54 Å². The van der Waals surface area contributed by atoms with Gasteiger partial charge in [-0.15, -0.1) is 12.4 Å². The number of aromatic nitrogens is 2. The maximum atomic E-state index is 12.1. The molecule has 0 spiro atoms. The van der Waals surface area contributed by atoms with Crippen molar-refractivity contribution >= 4 is 24.0 Å². The van der Waals surface area contributed by atoms with Crippen molar-refractivity contribution in [3.05, 3.63) is 30.7 Å². The highest BCUT2D eigenvalue weighted by Gasteiger charge is 2.27. The van der Waals surface area contributed by atoms with Crippen LogP contribution in [-0.4, -0.2) is 21.6 Å². The fraction of sp³-hybridized carbons (Fsp3) is 0.357. The molecule has 0 fully saturated rings. The van der Waals surface area contributed by atoms with Gasteiger partial charge in [-0.05, 0) is 37.6 Å². The highest BCUT2D eigenvalue weighted by atomic mass is 35.5. The maximum absolute atomic E-state index is 12.1. The lowest BCUT2D eigenvalue weighted by Crippen LogP contribution is -2.48. The van der Waals surface area contributed by atoms with E-state index in [4.69, 9.17) is 5.73 Å². The van der Waals surface area contributed by atoms with Crippen molar-refractivity contribution in [2.75, 3.05) is 5.32 Å². The molecule has 0 saturated heterocycles. The summed E-state index contributed by atoms with van der Waals surface area (Å²) in [6.07, 6.45) is 2.77. The number of nitrogens with zero attached hydrogens (tertiary/aromatic N) is 2. The second kappa shape index (κ2) is 7.19. The first-order chi connectivity index (χ1) is 9.53. The van der Waals surface area contributed by atoms with Gasteiger partial charge in [0.15, 0.2) is 0 Å². The lowest BCUT2D eigenvalue weighted by Gasteiger charge is -2.22. The molecule has 0 aliphatic heterocycles. The van der Waals surface area contributed by atoms with E-state index in [9.17, 15) is 4.79 Å². The number of benzene rings is 1. The predicted molar refractivity (Wildman–Crippen MR) is 83.1 cm³/mol. The molecule has 1 atom stereocenters. The SMILES string of the molecule is CCCC(C)(N)C(=O)Nc1ccc(-c2ncon2)cc1.Cl. The molecule has 6 nitrogen and oxygen atoms in total. The van der Waals surface area contributed by atoms with Crippen LogP contribution in [0.4, 0.5) is 5.69 Å². The van der Waals surface area contributed by atoms with Crippen molar-refractivity contribution in [3.63, 3.8) is 0 Å². The molecule has 1 heterocycles. The maximum Gasteiger partial charge on any atom is 0.244 e. The molecule has 0 bridgehead atoms. The zero-order valence-electron chi connectivity index (χ0n) is 12.0. The molecule has 2 aromatic rings. The number of anilines is 1. The Morgan fingerprint density at radius 3 is 2.57 bits per heavy atom. The Morgan fingerprint density at radius 1 is 1.38 bits per heavy atom. The van der Waals surface area contributed by atoms with Gasteiger partial charge in [0.2, 0.25) is 18.1 Å². The third kappa shape index (κ3) is 4.27. The van der Waals surface area contributed by atoms with Crippen molar-refractivity contribution in [2.24, 2.45) is 5.73 Å². The topological polar surface area (TPSA) is 94.0 Å². The first kappa shape index (κ1) is 17.1. The summed E-state index contributed by atoms with van der Waals surface area (Å²) in [4.78, 5) is 16.0. The number of carbonyl (C=O) groups is 1. The van der Waals surface area contributed by atoms with Gasteiger partial charge in [-0.1, -0.05) is 18.5 Å². The van der Waals surface area contributed by atoms with E-state index in [1.165, 1.54) is 6.39 Å². The second-order valence-electron chi connectivity index (χ2n) is 4.95. The molecular formula is C14H19ClN4O2. The molecule has 0 saturated carbocycles. The zero-order valence-corrected chi connectivity index (χ0v) is 12.8. The number of nitrogens with two attached hydrogens (primary N) is 1. The minimum atomic E-state index is -0.860. The van der Waals surface area contributed by atoms with E-state index >= 15 is 0 Å². The Labute approximate surface area is 129 Å². The molecule has 0 radical (unpaired) electrons. The average Bonchev–Trinajstić information content (AvgIpc) is 2.93. The Kier molecular flexibility index (Phi) is 5.87. The monoisotopic (exact) mass is 310 g/mol. The summed E-state index contributed by atoms with van der Waals surface area (Å²) in [6, 6.07) is 7.19. The smallest absolute Gasteiger partial charge is 0.244 e. The van der Waals surface area contributed by atoms with Crippen LogP contribution in [0.5, 0.6) is 0 Å². The molecule has 1 unspecified atom stereocenters. The summed E-state index contributed by atoms with van der Waals surface area (Å²) in [5.41, 5.74) is 6.63. The van der Waals surface area contributed by atoms with Crippen LogP contribution in [0, 0.1) is 0 Å². The van der Waals surface area contributed by atoms with Crippen LogP contribution in [0.25, 0.3) is 11.4 Å². The molecule has 1 aromatic heterocycles. The van der Waals surface area contributed by atoms with Gasteiger partial charge in [-0.3, -0.25) is 4.79 Å². The Bertz CT molecular complexity index is 567. The highest BCUT2D eigenvalue weighted by Crippen LogP contribution is 2.19. The molecule has 114 valence electrons. The summed E-state index contributed by atoms with van der Waals surface area (Å²) in [7, 11) is 0. The number of carbonyl (C=O) groups excluding carboxylic acids is 1. The third-order valence-corrected chi connectivity index (χ3v) is 3.05. The van der Waals surface area contributed by atoms with E-state index in [0.717, 1.165) is 12.0 Å². The second-order valence-corrected chi connectivity index (χ2v) is 4.95. The number of hydrogen-bond donors (Lipinski definition) is 2. The van der Waals surface area contributed by atoms with Gasteiger partial charge in [-0.25, -0.2) is 0 Å². The number of hydrogen-bond acceptors (Lipinski definition) is 5. The first-order valence-corrected chi connectivity index (χ1v) is 6.50. The van der Waals surface area contributed by atoms with Crippen LogP contribution in [-0.2, 0) is 4.79 Å². The lowest BCUT2D eigenvalue weighted by atomic mass is 9.96. The average molecular weight is 311 g/mol. The minimum absolute atomic E-state index is 0. The van der Waals surface area contributed by atoms with Gasteiger partial charge in [-0.2, -0.15) is 4.98 Å². The largest absolute Gasteiger partial charge is 0.342 e. The van der Waals surface area contributed by atoms with Crippen molar-refractivity contribution in [2.45, 2.75) is 32.2 Å². The normalized spacial score (nSPS) is 13.1. The predicted octanol–water partition coefficient (Wildman–Crippen LogP) is 2.61. The van der Waals surface area contributed by atoms with E-state index in [1.54, 1.807) is 19.1 Å². The van der Waals surface area contributed by atoms with Crippen LogP contribution >= 0.6 is 12.4 Å². The van der Waals surface area contributed by atoms with Crippen molar-refractivity contribution < 1.29 is 9.32 Å². The minimum Gasteiger partial charge on any atom is -0.342 e. The third-order valence-electron chi connectivity index (χ3n) is 3.05. The van der Waals surface area contributed by atoms with Crippen LogP contribution in [0.15, 0.2) is 35.2 Å². The van der Waals surface area contributed by atoms with E-state index in [-0.39, 0.29) is 18.3 Å². The number of halogens is 1. The van der Waals surface area contributed by atoms with Crippen molar-refractivity contribution in [3.8, 4) is 11.4 Å². The van der Waals surface area contributed by atoms with E-state index in [2.05, 4.69) is 20.0 Å². The van der Waals surface area contributed by atoms with E-state index in [1.807, 2.05) is 19.1 Å².